The number of hydrogen-bond donors (Lipinski definition) is 0. The number of nitrogens with zero attached hydrogens (tertiary/aromatic N) is 1. The first kappa shape index (κ1) is 35.6. The summed E-state index contributed by atoms with van der Waals surface area (Å²) in [5.74, 6) is 0. The second kappa shape index (κ2) is 13.5. The minimum atomic E-state index is -0.602. The van der Waals surface area contributed by atoms with Crippen molar-refractivity contribution in [1.29, 1.82) is 0 Å². The summed E-state index contributed by atoms with van der Waals surface area (Å²) in [6.45, 7) is 0. The highest BCUT2D eigenvalue weighted by Crippen LogP contribution is 2.63. The van der Waals surface area contributed by atoms with Crippen LogP contribution in [0.25, 0.3) is 86.6 Å². The molecule has 12 aromatic rings. The standard InChI is InChI=1S/C61H37NOS/c1-2-15-38(16-3-1)39-29-31-40(32-30-39)62(55-25-14-27-57-60(55)47-22-8-12-26-56(47)63-57)41-33-34-53-48(35-41)43-18-5-4-17-42(43)44-19-6-10-23-51(44)61(53)52-24-11-7-20-45(52)49-37-59-50(36-54(49)61)46-21-9-13-28-58(46)64-59/h1-37H. The first-order valence-electron chi connectivity index (χ1n) is 22.0. The number of fused-ring (bicyclic) bond motifs is 18. The zero-order valence-electron chi connectivity index (χ0n) is 34.6. The Kier molecular flexibility index (Phi) is 7.51. The van der Waals surface area contributed by atoms with Crippen molar-refractivity contribution in [3.63, 3.8) is 0 Å². The van der Waals surface area contributed by atoms with Gasteiger partial charge in [0.25, 0.3) is 0 Å². The first-order valence-corrected chi connectivity index (χ1v) is 22.8. The Labute approximate surface area is 374 Å². The molecule has 0 saturated carbocycles. The maximum atomic E-state index is 6.54. The van der Waals surface area contributed by atoms with Crippen LogP contribution in [-0.2, 0) is 5.41 Å². The SMILES string of the molecule is c1ccc(-c2ccc(N(c3ccc4c(c3)-c3ccccc3-c3ccccc3C43c4ccccc4-c4cc5sc6ccccc6c5cc43)c3cccc4oc5ccccc5c34)cc2)cc1. The van der Waals surface area contributed by atoms with Gasteiger partial charge in [0.1, 0.15) is 11.2 Å². The predicted octanol–water partition coefficient (Wildman–Crippen LogP) is 17.1. The third-order valence-electron chi connectivity index (χ3n) is 13.9. The molecule has 0 N–H and O–H groups in total. The van der Waals surface area contributed by atoms with Crippen LogP contribution in [0.3, 0.4) is 0 Å². The van der Waals surface area contributed by atoms with Gasteiger partial charge < -0.3 is 9.32 Å². The Morgan fingerprint density at radius 3 is 1.72 bits per heavy atom. The number of anilines is 3. The van der Waals surface area contributed by atoms with E-state index in [2.05, 4.69) is 223 Å². The second-order valence-electron chi connectivity index (χ2n) is 17.1. The van der Waals surface area contributed by atoms with E-state index in [1.54, 1.807) is 0 Å². The molecule has 14 rings (SSSR count). The Morgan fingerprint density at radius 1 is 0.344 bits per heavy atom. The number of thiophene rings is 1. The maximum Gasteiger partial charge on any atom is 0.137 e. The van der Waals surface area contributed by atoms with E-state index in [0.29, 0.717) is 0 Å². The molecule has 3 heteroatoms. The van der Waals surface area contributed by atoms with Crippen molar-refractivity contribution < 1.29 is 4.42 Å². The van der Waals surface area contributed by atoms with E-state index < -0.39 is 5.41 Å². The van der Waals surface area contributed by atoms with Crippen molar-refractivity contribution >= 4 is 70.5 Å². The van der Waals surface area contributed by atoms with Gasteiger partial charge in [-0.1, -0.05) is 164 Å². The lowest BCUT2D eigenvalue weighted by Crippen LogP contribution is -2.29. The molecule has 0 saturated heterocycles. The fourth-order valence-corrected chi connectivity index (χ4v) is 12.4. The fourth-order valence-electron chi connectivity index (χ4n) is 11.2. The third kappa shape index (κ3) is 4.90. The Balaban J connectivity index is 1.09. The third-order valence-corrected chi connectivity index (χ3v) is 15.0. The molecular weight excluding hydrogens is 795 g/mol. The van der Waals surface area contributed by atoms with Gasteiger partial charge >= 0.3 is 0 Å². The minimum absolute atomic E-state index is 0.602. The van der Waals surface area contributed by atoms with Crippen LogP contribution in [0.1, 0.15) is 22.3 Å². The van der Waals surface area contributed by atoms with Crippen LogP contribution in [0.15, 0.2) is 229 Å². The molecule has 64 heavy (non-hydrogen) atoms. The van der Waals surface area contributed by atoms with Gasteiger partial charge in [0.05, 0.1) is 16.5 Å². The van der Waals surface area contributed by atoms with Crippen LogP contribution in [0, 0.1) is 0 Å². The number of para-hydroxylation sites is 1. The smallest absolute Gasteiger partial charge is 0.137 e. The first-order chi connectivity index (χ1) is 31.7. The lowest BCUT2D eigenvalue weighted by Gasteiger charge is -2.36. The van der Waals surface area contributed by atoms with E-state index >= 15 is 0 Å². The average Bonchev–Trinajstić information content (AvgIpc) is 4.00. The Hall–Kier alpha value is -7.98. The van der Waals surface area contributed by atoms with Crippen molar-refractivity contribution in [3.8, 4) is 44.5 Å². The molecular formula is C61H37NOS. The van der Waals surface area contributed by atoms with Gasteiger partial charge in [-0.2, -0.15) is 0 Å². The number of furan rings is 1. The van der Waals surface area contributed by atoms with Crippen molar-refractivity contribution in [1.82, 2.24) is 0 Å². The molecule has 0 aliphatic heterocycles. The highest BCUT2D eigenvalue weighted by atomic mass is 32.1. The van der Waals surface area contributed by atoms with Crippen LogP contribution in [-0.4, -0.2) is 0 Å². The molecule has 1 spiro atoms. The van der Waals surface area contributed by atoms with Gasteiger partial charge in [-0.3, -0.25) is 0 Å². The summed E-state index contributed by atoms with van der Waals surface area (Å²) in [5, 5.41) is 4.82. The normalized spacial score (nSPS) is 14.6. The van der Waals surface area contributed by atoms with Crippen molar-refractivity contribution in [2.75, 3.05) is 4.90 Å². The van der Waals surface area contributed by atoms with Crippen LogP contribution >= 0.6 is 11.3 Å². The molecule has 2 aromatic heterocycles. The molecule has 10 aromatic carbocycles. The van der Waals surface area contributed by atoms with Gasteiger partial charge in [-0.05, 0) is 127 Å². The van der Waals surface area contributed by atoms with E-state index in [9.17, 15) is 0 Å². The van der Waals surface area contributed by atoms with Crippen LogP contribution in [0.5, 0.6) is 0 Å². The van der Waals surface area contributed by atoms with Crippen molar-refractivity contribution in [2.45, 2.75) is 5.41 Å². The molecule has 2 aliphatic rings. The molecule has 2 heterocycles. The summed E-state index contributed by atoms with van der Waals surface area (Å²) in [7, 11) is 0. The largest absolute Gasteiger partial charge is 0.456 e. The molecule has 2 nitrogen and oxygen atoms in total. The summed E-state index contributed by atoms with van der Waals surface area (Å²) in [6, 6.07) is 83.1. The second-order valence-corrected chi connectivity index (χ2v) is 18.2. The molecule has 0 bridgehead atoms. The summed E-state index contributed by atoms with van der Waals surface area (Å²) < 4.78 is 9.18. The summed E-state index contributed by atoms with van der Waals surface area (Å²) in [4.78, 5) is 2.43. The number of rotatable bonds is 4. The molecule has 298 valence electrons. The van der Waals surface area contributed by atoms with Gasteiger partial charge in [0.15, 0.2) is 0 Å². The van der Waals surface area contributed by atoms with Crippen LogP contribution in [0.4, 0.5) is 17.1 Å². The quantitative estimate of drug-likeness (QED) is 0.176. The van der Waals surface area contributed by atoms with Gasteiger partial charge in [-0.15, -0.1) is 11.3 Å². The van der Waals surface area contributed by atoms with E-state index in [1.165, 1.54) is 86.9 Å². The summed E-state index contributed by atoms with van der Waals surface area (Å²) >= 11 is 1.89. The summed E-state index contributed by atoms with van der Waals surface area (Å²) in [6.07, 6.45) is 0. The average molecular weight is 832 g/mol. The molecule has 0 fully saturated rings. The molecule has 1 atom stereocenters. The van der Waals surface area contributed by atoms with Crippen molar-refractivity contribution in [2.24, 2.45) is 0 Å². The lowest BCUT2D eigenvalue weighted by molar-refractivity contribution is 0.669. The van der Waals surface area contributed by atoms with Gasteiger partial charge in [-0.25, -0.2) is 0 Å². The van der Waals surface area contributed by atoms with Crippen LogP contribution < -0.4 is 4.90 Å². The summed E-state index contributed by atoms with van der Waals surface area (Å²) in [5.41, 5.74) is 19.5. The molecule has 2 aliphatic carbocycles. The zero-order valence-corrected chi connectivity index (χ0v) is 35.4. The minimum Gasteiger partial charge on any atom is -0.456 e. The predicted molar refractivity (Wildman–Crippen MR) is 268 cm³/mol. The van der Waals surface area contributed by atoms with E-state index in [0.717, 1.165) is 39.0 Å². The van der Waals surface area contributed by atoms with Gasteiger partial charge in [0, 0.05) is 36.9 Å². The molecule has 1 unspecified atom stereocenters. The van der Waals surface area contributed by atoms with E-state index in [4.69, 9.17) is 4.42 Å². The van der Waals surface area contributed by atoms with E-state index in [1.807, 2.05) is 17.4 Å². The highest BCUT2D eigenvalue weighted by molar-refractivity contribution is 7.25. The highest BCUT2D eigenvalue weighted by Gasteiger charge is 2.50. The monoisotopic (exact) mass is 831 g/mol. The molecule has 0 amide bonds. The zero-order chi connectivity index (χ0) is 41.9. The fraction of sp³-hybridized carbons (Fsp3) is 0.0164. The van der Waals surface area contributed by atoms with Gasteiger partial charge in [0.2, 0.25) is 0 Å². The molecule has 0 radical (unpaired) electrons. The maximum absolute atomic E-state index is 6.54. The lowest BCUT2D eigenvalue weighted by atomic mass is 9.65. The topological polar surface area (TPSA) is 16.4 Å². The Morgan fingerprint density at radius 2 is 0.922 bits per heavy atom. The van der Waals surface area contributed by atoms with Crippen LogP contribution in [0.2, 0.25) is 0 Å². The van der Waals surface area contributed by atoms with Crippen molar-refractivity contribution in [3.05, 3.63) is 247 Å². The van der Waals surface area contributed by atoms with E-state index in [-0.39, 0.29) is 0 Å². The Bertz CT molecular complexity index is 3860. The number of hydrogen-bond acceptors (Lipinski definition) is 3. The number of benzene rings is 10.